The quantitative estimate of drug-likeness (QED) is 0.514. The fourth-order valence-electron chi connectivity index (χ4n) is 2.39. The second kappa shape index (κ2) is 5.32. The smallest absolute Gasteiger partial charge is 0.350 e. The summed E-state index contributed by atoms with van der Waals surface area (Å²) in [5.41, 5.74) is 0.299. The number of imidazole rings is 1. The number of hydrogen-bond donors (Lipinski definition) is 4. The van der Waals surface area contributed by atoms with Crippen LogP contribution in [0.3, 0.4) is 0 Å². The molecule has 2 aromatic rings. The monoisotopic (exact) mass is 315 g/mol. The molecule has 0 radical (unpaired) electrons. The van der Waals surface area contributed by atoms with Gasteiger partial charge < -0.3 is 29.4 Å². The topological polar surface area (TPSA) is 142 Å². The Kier molecular flexibility index (Phi) is 3.64. The molecular formula is C10H14N5O5P. The predicted octanol–water partition coefficient (Wildman–Crippen LogP) is -1.22. The molecule has 0 spiro atoms. The zero-order valence-electron chi connectivity index (χ0n) is 10.8. The van der Waals surface area contributed by atoms with Crippen LogP contribution in [0.4, 0.5) is 0 Å². The number of nitrogens with zero attached hydrogens (tertiary/aromatic N) is 3. The number of aromatic amines is 1. The first-order chi connectivity index (χ1) is 9.96. The van der Waals surface area contributed by atoms with Crippen LogP contribution in [0, 0.1) is 0 Å². The molecule has 0 aliphatic carbocycles. The minimum atomic E-state index is -4.22. The zero-order chi connectivity index (χ0) is 15.0. The van der Waals surface area contributed by atoms with Gasteiger partial charge in [0.25, 0.3) is 5.56 Å². The lowest BCUT2D eigenvalue weighted by atomic mass is 10.2. The highest BCUT2D eigenvalue weighted by Crippen LogP contribution is 2.35. The lowest BCUT2D eigenvalue weighted by molar-refractivity contribution is 0.0625. The van der Waals surface area contributed by atoms with Crippen LogP contribution in [0.2, 0.25) is 0 Å². The summed E-state index contributed by atoms with van der Waals surface area (Å²) >= 11 is 0. The number of H-pyrrole nitrogens is 1. The third-order valence-corrected chi connectivity index (χ3v) is 3.79. The summed E-state index contributed by atoms with van der Waals surface area (Å²) < 4.78 is 17.9. The first kappa shape index (κ1) is 14.4. The van der Waals surface area contributed by atoms with Gasteiger partial charge in [0.1, 0.15) is 6.35 Å². The van der Waals surface area contributed by atoms with Crippen LogP contribution in [0.25, 0.3) is 11.2 Å². The van der Waals surface area contributed by atoms with Crippen molar-refractivity contribution in [3.05, 3.63) is 23.0 Å². The molecule has 1 fully saturated rings. The molecule has 114 valence electrons. The molecule has 11 heteroatoms. The van der Waals surface area contributed by atoms with Crippen LogP contribution in [0.5, 0.6) is 0 Å². The second-order valence-electron chi connectivity index (χ2n) is 4.78. The summed E-state index contributed by atoms with van der Waals surface area (Å²) in [6, 6.07) is -0.240. The predicted molar refractivity (Wildman–Crippen MR) is 71.8 cm³/mol. The van der Waals surface area contributed by atoms with E-state index >= 15 is 0 Å². The van der Waals surface area contributed by atoms with E-state index in [1.54, 1.807) is 4.57 Å². The largest absolute Gasteiger partial charge is 0.362 e. The van der Waals surface area contributed by atoms with Gasteiger partial charge in [-0.05, 0) is 0 Å². The van der Waals surface area contributed by atoms with Gasteiger partial charge in [-0.15, -0.1) is 0 Å². The molecule has 0 aromatic carbocycles. The van der Waals surface area contributed by atoms with Crippen LogP contribution in [0.15, 0.2) is 17.4 Å². The maximum Gasteiger partial charge on any atom is 0.350 e. The molecule has 1 aliphatic rings. The van der Waals surface area contributed by atoms with E-state index in [4.69, 9.17) is 14.5 Å². The molecule has 0 amide bonds. The summed E-state index contributed by atoms with van der Waals surface area (Å²) in [5, 5.41) is 3.09. The fraction of sp³-hybridized carbons (Fsp3) is 0.500. The number of aromatic nitrogens is 4. The molecule has 1 saturated heterocycles. The van der Waals surface area contributed by atoms with Gasteiger partial charge in [0, 0.05) is 13.1 Å². The SMILES string of the molecule is O=c1[nH]cnc2c1ncn2[C@@H]1CNC[C@@H]1OCP(=O)(O)O. The Balaban J connectivity index is 1.89. The van der Waals surface area contributed by atoms with E-state index < -0.39 is 20.0 Å². The summed E-state index contributed by atoms with van der Waals surface area (Å²) in [5.74, 6) is 0. The molecule has 21 heavy (non-hydrogen) atoms. The van der Waals surface area contributed by atoms with Gasteiger partial charge in [-0.2, -0.15) is 0 Å². The average Bonchev–Trinajstić information content (AvgIpc) is 3.01. The lowest BCUT2D eigenvalue weighted by Crippen LogP contribution is -2.26. The van der Waals surface area contributed by atoms with Crippen LogP contribution >= 0.6 is 7.60 Å². The number of nitrogens with one attached hydrogen (secondary N) is 2. The van der Waals surface area contributed by atoms with E-state index in [9.17, 15) is 9.36 Å². The fourth-order valence-corrected chi connectivity index (χ4v) is 2.77. The van der Waals surface area contributed by atoms with Crippen LogP contribution in [-0.2, 0) is 9.30 Å². The molecule has 0 unspecified atom stereocenters. The molecule has 0 saturated carbocycles. The Labute approximate surface area is 118 Å². The van der Waals surface area contributed by atoms with Crippen LogP contribution in [0.1, 0.15) is 6.04 Å². The van der Waals surface area contributed by atoms with Crippen molar-refractivity contribution in [2.75, 3.05) is 19.4 Å². The van der Waals surface area contributed by atoms with Crippen molar-refractivity contribution in [2.24, 2.45) is 0 Å². The van der Waals surface area contributed by atoms with Gasteiger partial charge in [0.15, 0.2) is 11.2 Å². The molecule has 2 aromatic heterocycles. The normalized spacial score (nSPS) is 23.0. The van der Waals surface area contributed by atoms with Crippen molar-refractivity contribution in [1.29, 1.82) is 0 Å². The van der Waals surface area contributed by atoms with E-state index in [-0.39, 0.29) is 17.1 Å². The Hall–Kier alpha value is -1.58. The van der Waals surface area contributed by atoms with Gasteiger partial charge >= 0.3 is 7.60 Å². The van der Waals surface area contributed by atoms with Gasteiger partial charge in [-0.3, -0.25) is 9.36 Å². The van der Waals surface area contributed by atoms with Gasteiger partial charge in [-0.25, -0.2) is 9.97 Å². The van der Waals surface area contributed by atoms with E-state index in [2.05, 4.69) is 20.3 Å². The molecule has 2 atom stereocenters. The number of fused-ring (bicyclic) bond motifs is 1. The van der Waals surface area contributed by atoms with Crippen molar-refractivity contribution in [3.8, 4) is 0 Å². The number of hydrogen-bond acceptors (Lipinski definition) is 6. The van der Waals surface area contributed by atoms with E-state index in [1.165, 1.54) is 12.7 Å². The Morgan fingerprint density at radius 2 is 2.24 bits per heavy atom. The third-order valence-electron chi connectivity index (χ3n) is 3.31. The van der Waals surface area contributed by atoms with Crippen molar-refractivity contribution in [3.63, 3.8) is 0 Å². The minimum absolute atomic E-state index is 0.220. The summed E-state index contributed by atoms with van der Waals surface area (Å²) in [4.78, 5) is 40.0. The third kappa shape index (κ3) is 2.89. The highest BCUT2D eigenvalue weighted by atomic mass is 31.2. The molecule has 3 rings (SSSR count). The van der Waals surface area contributed by atoms with Crippen molar-refractivity contribution in [1.82, 2.24) is 24.8 Å². The molecule has 4 N–H and O–H groups in total. The van der Waals surface area contributed by atoms with Crippen molar-refractivity contribution in [2.45, 2.75) is 12.1 Å². The lowest BCUT2D eigenvalue weighted by Gasteiger charge is -2.20. The van der Waals surface area contributed by atoms with E-state index in [0.717, 1.165) is 0 Å². The van der Waals surface area contributed by atoms with Crippen molar-refractivity contribution < 1.29 is 19.1 Å². The maximum absolute atomic E-state index is 11.6. The van der Waals surface area contributed by atoms with E-state index in [0.29, 0.717) is 18.7 Å². The first-order valence-electron chi connectivity index (χ1n) is 6.23. The summed E-state index contributed by atoms with van der Waals surface area (Å²) in [6.07, 6.45) is 1.70. The summed E-state index contributed by atoms with van der Waals surface area (Å²) in [7, 11) is -4.22. The maximum atomic E-state index is 11.6. The average molecular weight is 315 g/mol. The summed E-state index contributed by atoms with van der Waals surface area (Å²) in [6.45, 7) is 0.985. The molecule has 10 nitrogen and oxygen atoms in total. The number of ether oxygens (including phenoxy) is 1. The van der Waals surface area contributed by atoms with Gasteiger partial charge in [-0.1, -0.05) is 0 Å². The Morgan fingerprint density at radius 3 is 3.00 bits per heavy atom. The van der Waals surface area contributed by atoms with Crippen LogP contribution < -0.4 is 10.9 Å². The molecule has 0 bridgehead atoms. The highest BCUT2D eigenvalue weighted by molar-refractivity contribution is 7.51. The standard InChI is InChI=1S/C10H14N5O5P/c16-10-8-9(12-3-13-10)15(4-14-8)6-1-11-2-7(6)20-5-21(17,18)19/h3-4,6-7,11H,1-2,5H2,(H,12,13,16)(H2,17,18,19)/t6-,7+/m1/s1. The van der Waals surface area contributed by atoms with Crippen molar-refractivity contribution >= 4 is 18.8 Å². The molecule has 1 aliphatic heterocycles. The first-order valence-corrected chi connectivity index (χ1v) is 8.02. The minimum Gasteiger partial charge on any atom is -0.362 e. The second-order valence-corrected chi connectivity index (χ2v) is 6.37. The highest BCUT2D eigenvalue weighted by Gasteiger charge is 2.32. The van der Waals surface area contributed by atoms with E-state index in [1.807, 2.05) is 0 Å². The Morgan fingerprint density at radius 1 is 1.43 bits per heavy atom. The zero-order valence-corrected chi connectivity index (χ0v) is 11.7. The molecule has 3 heterocycles. The molecular weight excluding hydrogens is 301 g/mol. The van der Waals surface area contributed by atoms with Crippen LogP contribution in [-0.4, -0.2) is 54.8 Å². The Bertz CT molecular complexity index is 752. The number of rotatable bonds is 4. The van der Waals surface area contributed by atoms with Gasteiger partial charge in [0.05, 0.1) is 24.8 Å². The van der Waals surface area contributed by atoms with Gasteiger partial charge in [0.2, 0.25) is 0 Å².